The number of carboxylic acid groups (broad SMARTS) is 1. The minimum Gasteiger partial charge on any atom is -0.548 e. The average molecular weight is 357 g/mol. The van der Waals surface area contributed by atoms with Crippen molar-refractivity contribution in [2.45, 2.75) is 50.2 Å². The third-order valence-electron chi connectivity index (χ3n) is 4.26. The first-order valence-electron chi connectivity index (χ1n) is 8.45. The first kappa shape index (κ1) is 19.5. The number of carbonyl (C=O) groups is 3. The molecule has 1 fully saturated rings. The number of aliphatic carboxylic acids is 1. The Morgan fingerprint density at radius 2 is 1.81 bits per heavy atom. The van der Waals surface area contributed by atoms with Gasteiger partial charge in [-0.1, -0.05) is 18.3 Å². The van der Waals surface area contributed by atoms with Crippen molar-refractivity contribution in [1.82, 2.24) is 5.32 Å². The van der Waals surface area contributed by atoms with Gasteiger partial charge in [-0.2, -0.15) is 0 Å². The van der Waals surface area contributed by atoms with Gasteiger partial charge in [-0.25, -0.2) is 0 Å². The summed E-state index contributed by atoms with van der Waals surface area (Å²) in [6, 6.07) is 4.70. The summed E-state index contributed by atoms with van der Waals surface area (Å²) < 4.78 is 0. The predicted octanol–water partition coefficient (Wildman–Crippen LogP) is -0.543. The molecule has 0 spiro atoms. The van der Waals surface area contributed by atoms with Crippen LogP contribution < -0.4 is 16.2 Å². The highest BCUT2D eigenvalue weighted by Crippen LogP contribution is 2.27. The summed E-state index contributed by atoms with van der Waals surface area (Å²) >= 11 is 0. The van der Waals surface area contributed by atoms with E-state index in [1.807, 2.05) is 0 Å². The van der Waals surface area contributed by atoms with E-state index in [4.69, 9.17) is 5.73 Å². The SMILES string of the molecule is NC(=O)C[C@@H](NC(=O)c1ccc(C#CC2(O)CCCCC2)cc1)C(=O)[O-]. The maximum Gasteiger partial charge on any atom is 0.251 e. The van der Waals surface area contributed by atoms with Crippen LogP contribution in [0.5, 0.6) is 0 Å². The molecular formula is C19H21N2O5-. The fraction of sp³-hybridized carbons (Fsp3) is 0.421. The predicted molar refractivity (Wildman–Crippen MR) is 91.4 cm³/mol. The molecule has 0 radical (unpaired) electrons. The lowest BCUT2D eigenvalue weighted by Gasteiger charge is -2.26. The second-order valence-electron chi connectivity index (χ2n) is 6.44. The van der Waals surface area contributed by atoms with Crippen molar-refractivity contribution in [3.8, 4) is 11.8 Å². The molecule has 26 heavy (non-hydrogen) atoms. The fourth-order valence-electron chi connectivity index (χ4n) is 2.79. The van der Waals surface area contributed by atoms with Gasteiger partial charge in [0.2, 0.25) is 5.91 Å². The van der Waals surface area contributed by atoms with Crippen LogP contribution in [0.3, 0.4) is 0 Å². The van der Waals surface area contributed by atoms with E-state index in [-0.39, 0.29) is 5.56 Å². The summed E-state index contributed by atoms with van der Waals surface area (Å²) in [5.74, 6) is 2.71. The van der Waals surface area contributed by atoms with Crippen LogP contribution in [0, 0.1) is 11.8 Å². The van der Waals surface area contributed by atoms with Crippen LogP contribution in [0.15, 0.2) is 24.3 Å². The number of nitrogens with one attached hydrogen (secondary N) is 1. The molecule has 2 amide bonds. The van der Waals surface area contributed by atoms with Crippen LogP contribution in [0.4, 0.5) is 0 Å². The Bertz CT molecular complexity index is 739. The lowest BCUT2D eigenvalue weighted by Crippen LogP contribution is -2.49. The normalized spacial score (nSPS) is 16.7. The molecule has 1 saturated carbocycles. The molecule has 2 rings (SSSR count). The zero-order chi connectivity index (χ0) is 19.2. The van der Waals surface area contributed by atoms with Gasteiger partial charge in [-0.3, -0.25) is 9.59 Å². The van der Waals surface area contributed by atoms with Gasteiger partial charge in [0.05, 0.1) is 18.4 Å². The zero-order valence-electron chi connectivity index (χ0n) is 14.3. The van der Waals surface area contributed by atoms with E-state index in [1.54, 1.807) is 12.1 Å². The molecule has 0 aromatic heterocycles. The van der Waals surface area contributed by atoms with Gasteiger partial charge in [0.1, 0.15) is 5.60 Å². The van der Waals surface area contributed by atoms with Crippen molar-refractivity contribution in [1.29, 1.82) is 0 Å². The Morgan fingerprint density at radius 1 is 1.19 bits per heavy atom. The summed E-state index contributed by atoms with van der Waals surface area (Å²) in [5, 5.41) is 23.5. The van der Waals surface area contributed by atoms with Crippen LogP contribution in [-0.2, 0) is 9.59 Å². The van der Waals surface area contributed by atoms with Gasteiger partial charge in [-0.05, 0) is 49.9 Å². The second-order valence-corrected chi connectivity index (χ2v) is 6.44. The molecule has 4 N–H and O–H groups in total. The minimum absolute atomic E-state index is 0.211. The van der Waals surface area contributed by atoms with Crippen molar-refractivity contribution < 1.29 is 24.6 Å². The molecule has 0 aliphatic heterocycles. The number of hydrogen-bond acceptors (Lipinski definition) is 5. The van der Waals surface area contributed by atoms with E-state index >= 15 is 0 Å². The Kier molecular flexibility index (Phi) is 6.36. The lowest BCUT2D eigenvalue weighted by molar-refractivity contribution is -0.308. The largest absolute Gasteiger partial charge is 0.548 e. The summed E-state index contributed by atoms with van der Waals surface area (Å²) in [4.78, 5) is 33.9. The number of rotatable bonds is 5. The molecule has 7 heteroatoms. The molecule has 0 heterocycles. The monoisotopic (exact) mass is 357 g/mol. The van der Waals surface area contributed by atoms with Crippen LogP contribution in [0.25, 0.3) is 0 Å². The number of aliphatic hydroxyl groups is 1. The van der Waals surface area contributed by atoms with Gasteiger partial charge in [0, 0.05) is 11.1 Å². The van der Waals surface area contributed by atoms with Crippen molar-refractivity contribution in [2.24, 2.45) is 5.73 Å². The second kappa shape index (κ2) is 8.50. The Balaban J connectivity index is 2.03. The van der Waals surface area contributed by atoms with E-state index in [2.05, 4.69) is 17.2 Å². The quantitative estimate of drug-likeness (QED) is 0.609. The van der Waals surface area contributed by atoms with Crippen LogP contribution in [0.1, 0.15) is 54.4 Å². The van der Waals surface area contributed by atoms with Gasteiger partial charge in [0.25, 0.3) is 5.91 Å². The Labute approximate surface area is 151 Å². The molecule has 1 aliphatic carbocycles. The van der Waals surface area contributed by atoms with Gasteiger partial charge >= 0.3 is 0 Å². The number of hydrogen-bond donors (Lipinski definition) is 3. The highest BCUT2D eigenvalue weighted by Gasteiger charge is 2.26. The number of amides is 2. The highest BCUT2D eigenvalue weighted by molar-refractivity contribution is 5.97. The van der Waals surface area contributed by atoms with E-state index in [9.17, 15) is 24.6 Å². The minimum atomic E-state index is -1.58. The smallest absolute Gasteiger partial charge is 0.251 e. The molecule has 1 aliphatic rings. The molecular weight excluding hydrogens is 336 g/mol. The lowest BCUT2D eigenvalue weighted by atomic mass is 9.85. The number of benzene rings is 1. The Morgan fingerprint density at radius 3 is 2.35 bits per heavy atom. The standard InChI is InChI=1S/C19H22N2O5/c20-16(22)12-15(18(24)25)21-17(23)14-6-4-13(5-7-14)8-11-19(26)9-2-1-3-10-19/h4-7,15,26H,1-3,9-10,12H2,(H2,20,22)(H,21,23)(H,24,25)/p-1/t15-/m1/s1. The molecule has 1 aromatic rings. The number of primary amides is 1. The maximum atomic E-state index is 12.1. The molecule has 138 valence electrons. The van der Waals surface area contributed by atoms with Crippen molar-refractivity contribution in [2.75, 3.05) is 0 Å². The fourth-order valence-corrected chi connectivity index (χ4v) is 2.79. The molecule has 0 saturated heterocycles. The van der Waals surface area contributed by atoms with Crippen LogP contribution in [-0.4, -0.2) is 34.5 Å². The van der Waals surface area contributed by atoms with Gasteiger partial charge < -0.3 is 26.1 Å². The third-order valence-corrected chi connectivity index (χ3v) is 4.26. The first-order chi connectivity index (χ1) is 12.3. The van der Waals surface area contributed by atoms with Crippen molar-refractivity contribution >= 4 is 17.8 Å². The molecule has 1 aromatic carbocycles. The number of nitrogens with two attached hydrogens (primary N) is 1. The zero-order valence-corrected chi connectivity index (χ0v) is 14.3. The molecule has 0 unspecified atom stereocenters. The van der Waals surface area contributed by atoms with E-state index in [1.165, 1.54) is 12.1 Å². The third kappa shape index (κ3) is 5.60. The summed E-state index contributed by atoms with van der Waals surface area (Å²) in [6.07, 6.45) is 3.78. The van der Waals surface area contributed by atoms with Crippen LogP contribution in [0.2, 0.25) is 0 Å². The average Bonchev–Trinajstić information content (AvgIpc) is 2.60. The molecule has 1 atom stereocenters. The van der Waals surface area contributed by atoms with Crippen LogP contribution >= 0.6 is 0 Å². The number of carbonyl (C=O) groups excluding carboxylic acids is 3. The maximum absolute atomic E-state index is 12.1. The van der Waals surface area contributed by atoms with E-state index in [0.29, 0.717) is 18.4 Å². The van der Waals surface area contributed by atoms with Crippen molar-refractivity contribution in [3.05, 3.63) is 35.4 Å². The molecule has 7 nitrogen and oxygen atoms in total. The van der Waals surface area contributed by atoms with Crippen molar-refractivity contribution in [3.63, 3.8) is 0 Å². The summed E-state index contributed by atoms with van der Waals surface area (Å²) in [5.41, 5.74) is 4.84. The van der Waals surface area contributed by atoms with E-state index in [0.717, 1.165) is 19.3 Å². The van der Waals surface area contributed by atoms with E-state index < -0.39 is 35.8 Å². The van der Waals surface area contributed by atoms with Gasteiger partial charge in [-0.15, -0.1) is 0 Å². The Hall–Kier alpha value is -2.85. The van der Waals surface area contributed by atoms with Gasteiger partial charge in [0.15, 0.2) is 0 Å². The number of carboxylic acids is 1. The highest BCUT2D eigenvalue weighted by atomic mass is 16.4. The molecule has 0 bridgehead atoms. The summed E-state index contributed by atoms with van der Waals surface area (Å²) in [7, 11) is 0. The first-order valence-corrected chi connectivity index (χ1v) is 8.45. The summed E-state index contributed by atoms with van der Waals surface area (Å²) in [6.45, 7) is 0. The topological polar surface area (TPSA) is 133 Å².